The Morgan fingerprint density at radius 3 is 2.50 bits per heavy atom. The lowest BCUT2D eigenvalue weighted by Gasteiger charge is -2.22. The van der Waals surface area contributed by atoms with Crippen molar-refractivity contribution in [3.8, 4) is 5.75 Å². The molecule has 2 rings (SSSR count). The second-order valence-electron chi connectivity index (χ2n) is 6.43. The lowest BCUT2D eigenvalue weighted by molar-refractivity contribution is 0.0361. The first kappa shape index (κ1) is 16.4. The number of benzene rings is 1. The fourth-order valence-corrected chi connectivity index (χ4v) is 2.52. The van der Waals surface area contributed by atoms with Crippen LogP contribution >= 0.6 is 0 Å². The van der Waals surface area contributed by atoms with Gasteiger partial charge in [-0.15, -0.1) is 0 Å². The number of nitrogens with zero attached hydrogens (tertiary/aromatic N) is 1. The second-order valence-corrected chi connectivity index (χ2v) is 6.43. The van der Waals surface area contributed by atoms with Gasteiger partial charge in [0, 0.05) is 17.5 Å². The monoisotopic (exact) mass is 304 g/mol. The number of aromatic nitrogens is 1. The Hall–Kier alpha value is -2.01. The summed E-state index contributed by atoms with van der Waals surface area (Å²) in [6.07, 6.45) is -0.199. The van der Waals surface area contributed by atoms with Crippen molar-refractivity contribution in [3.63, 3.8) is 0 Å². The molecule has 22 heavy (non-hydrogen) atoms. The predicted molar refractivity (Wildman–Crippen MR) is 87.3 cm³/mol. The highest BCUT2D eigenvalue weighted by molar-refractivity contribution is 6.01. The molecule has 2 N–H and O–H groups in total. The molecule has 1 aromatic carbocycles. The van der Waals surface area contributed by atoms with Crippen LogP contribution in [0.1, 0.15) is 38.2 Å². The van der Waals surface area contributed by atoms with E-state index in [1.54, 1.807) is 7.11 Å². The molecule has 0 unspecified atom stereocenters. The van der Waals surface area contributed by atoms with Gasteiger partial charge in [0.2, 0.25) is 0 Å². The second kappa shape index (κ2) is 6.01. The highest BCUT2D eigenvalue weighted by atomic mass is 16.5. The van der Waals surface area contributed by atoms with Crippen molar-refractivity contribution in [2.24, 2.45) is 5.73 Å². The van der Waals surface area contributed by atoms with Gasteiger partial charge in [-0.05, 0) is 39.8 Å². The minimum atomic E-state index is -0.473. The predicted octanol–water partition coefficient (Wildman–Crippen LogP) is 2.95. The molecule has 0 bridgehead atoms. The summed E-state index contributed by atoms with van der Waals surface area (Å²) in [4.78, 5) is 12.5. The van der Waals surface area contributed by atoms with Gasteiger partial charge in [-0.25, -0.2) is 4.79 Å². The number of para-hydroxylation sites is 1. The van der Waals surface area contributed by atoms with Crippen LogP contribution in [-0.4, -0.2) is 29.3 Å². The van der Waals surface area contributed by atoms with Crippen LogP contribution in [0.2, 0.25) is 0 Å². The molecule has 0 amide bonds. The number of nitrogens with two attached hydrogens (primary N) is 1. The number of esters is 1. The van der Waals surface area contributed by atoms with Gasteiger partial charge < -0.3 is 19.8 Å². The van der Waals surface area contributed by atoms with Crippen molar-refractivity contribution in [2.75, 3.05) is 7.11 Å². The largest absolute Gasteiger partial charge is 0.494 e. The summed E-state index contributed by atoms with van der Waals surface area (Å²) in [6, 6.07) is 7.73. The molecule has 5 heteroatoms. The first-order valence-electron chi connectivity index (χ1n) is 7.39. The Kier molecular flexibility index (Phi) is 4.47. The van der Waals surface area contributed by atoms with Crippen molar-refractivity contribution in [1.29, 1.82) is 0 Å². The maximum Gasteiger partial charge on any atom is 0.359 e. The summed E-state index contributed by atoms with van der Waals surface area (Å²) >= 11 is 0. The van der Waals surface area contributed by atoms with E-state index in [0.29, 0.717) is 18.0 Å². The van der Waals surface area contributed by atoms with Crippen molar-refractivity contribution in [2.45, 2.75) is 45.9 Å². The van der Waals surface area contributed by atoms with Gasteiger partial charge >= 0.3 is 5.97 Å². The van der Waals surface area contributed by atoms with Crippen molar-refractivity contribution < 1.29 is 14.3 Å². The third kappa shape index (κ3) is 3.25. The zero-order chi connectivity index (χ0) is 16.5. The first-order chi connectivity index (χ1) is 10.2. The van der Waals surface area contributed by atoms with Crippen LogP contribution in [0.4, 0.5) is 0 Å². The molecule has 5 nitrogen and oxygen atoms in total. The van der Waals surface area contributed by atoms with E-state index in [2.05, 4.69) is 0 Å². The highest BCUT2D eigenvalue weighted by Gasteiger charge is 2.27. The standard InChI is InChI=1S/C17H24N2O3/c1-11(2)22-16(20)14-15(21-5)12-8-6-7-9-13(12)19(14)10-17(3,4)18/h6-9,11H,10,18H2,1-5H3. The van der Waals surface area contributed by atoms with Gasteiger partial charge in [0.1, 0.15) is 0 Å². The molecule has 0 aliphatic heterocycles. The molecule has 0 fully saturated rings. The summed E-state index contributed by atoms with van der Waals surface area (Å²) in [5.74, 6) is 0.137. The van der Waals surface area contributed by atoms with Crippen LogP contribution in [0.3, 0.4) is 0 Å². The van der Waals surface area contributed by atoms with Gasteiger partial charge in [0.25, 0.3) is 0 Å². The molecule has 0 aliphatic rings. The van der Waals surface area contributed by atoms with Gasteiger partial charge in [-0.3, -0.25) is 0 Å². The van der Waals surface area contributed by atoms with Crippen LogP contribution in [0.25, 0.3) is 10.9 Å². The van der Waals surface area contributed by atoms with Crippen LogP contribution in [-0.2, 0) is 11.3 Å². The molecule has 0 saturated carbocycles. The summed E-state index contributed by atoms with van der Waals surface area (Å²) in [5.41, 5.74) is 7.02. The Balaban J connectivity index is 2.69. The molecule has 1 aromatic heterocycles. The number of carbonyl (C=O) groups is 1. The molecule has 1 heterocycles. The van der Waals surface area contributed by atoms with Crippen molar-refractivity contribution in [3.05, 3.63) is 30.0 Å². The summed E-state index contributed by atoms with van der Waals surface area (Å²) in [7, 11) is 1.56. The maximum absolute atomic E-state index is 12.5. The highest BCUT2D eigenvalue weighted by Crippen LogP contribution is 2.34. The Morgan fingerprint density at radius 2 is 1.95 bits per heavy atom. The van der Waals surface area contributed by atoms with Crippen molar-refractivity contribution in [1.82, 2.24) is 4.57 Å². The zero-order valence-electron chi connectivity index (χ0n) is 13.8. The number of ether oxygens (including phenoxy) is 2. The van der Waals surface area contributed by atoms with E-state index in [0.717, 1.165) is 10.9 Å². The smallest absolute Gasteiger partial charge is 0.359 e. The topological polar surface area (TPSA) is 66.5 Å². The van der Waals surface area contributed by atoms with Crippen LogP contribution in [0.5, 0.6) is 5.75 Å². The van der Waals surface area contributed by atoms with E-state index in [4.69, 9.17) is 15.2 Å². The summed E-state index contributed by atoms with van der Waals surface area (Å²) in [5, 5.41) is 0.880. The maximum atomic E-state index is 12.5. The molecular formula is C17H24N2O3. The molecule has 0 saturated heterocycles. The fourth-order valence-electron chi connectivity index (χ4n) is 2.52. The molecular weight excluding hydrogens is 280 g/mol. The molecule has 2 aromatic rings. The Bertz CT molecular complexity index is 681. The van der Waals surface area contributed by atoms with E-state index in [-0.39, 0.29) is 6.10 Å². The number of hydrogen-bond acceptors (Lipinski definition) is 4. The van der Waals surface area contributed by atoms with E-state index in [1.807, 2.05) is 56.5 Å². The SMILES string of the molecule is COc1c(C(=O)OC(C)C)n(CC(C)(C)N)c2ccccc12. The quantitative estimate of drug-likeness (QED) is 0.862. The number of rotatable bonds is 5. The van der Waals surface area contributed by atoms with Crippen molar-refractivity contribution >= 4 is 16.9 Å². The van der Waals surface area contributed by atoms with Gasteiger partial charge in [-0.1, -0.05) is 12.1 Å². The van der Waals surface area contributed by atoms with E-state index in [1.165, 1.54) is 0 Å². The molecule has 0 atom stereocenters. The molecule has 0 spiro atoms. The third-order valence-electron chi connectivity index (χ3n) is 3.23. The Labute approximate surface area is 131 Å². The van der Waals surface area contributed by atoms with Crippen LogP contribution in [0, 0.1) is 0 Å². The number of methoxy groups -OCH3 is 1. The van der Waals surface area contributed by atoms with E-state index >= 15 is 0 Å². The lowest BCUT2D eigenvalue weighted by atomic mass is 10.1. The summed E-state index contributed by atoms with van der Waals surface area (Å²) in [6.45, 7) is 7.98. The minimum absolute atomic E-state index is 0.199. The number of carbonyl (C=O) groups excluding carboxylic acids is 1. The molecule has 0 aliphatic carbocycles. The number of fused-ring (bicyclic) bond motifs is 1. The number of hydrogen-bond donors (Lipinski definition) is 1. The third-order valence-corrected chi connectivity index (χ3v) is 3.23. The van der Waals surface area contributed by atoms with Gasteiger partial charge in [-0.2, -0.15) is 0 Å². The zero-order valence-corrected chi connectivity index (χ0v) is 13.8. The van der Waals surface area contributed by atoms with Gasteiger partial charge in [0.15, 0.2) is 11.4 Å². The lowest BCUT2D eigenvalue weighted by Crippen LogP contribution is -2.38. The normalized spacial score (nSPS) is 12.0. The van der Waals surface area contributed by atoms with E-state index in [9.17, 15) is 4.79 Å². The van der Waals surface area contributed by atoms with Crippen LogP contribution in [0.15, 0.2) is 24.3 Å². The molecule has 0 radical (unpaired) electrons. The van der Waals surface area contributed by atoms with Crippen LogP contribution < -0.4 is 10.5 Å². The minimum Gasteiger partial charge on any atom is -0.494 e. The summed E-state index contributed by atoms with van der Waals surface area (Å²) < 4.78 is 12.8. The Morgan fingerprint density at radius 1 is 1.32 bits per heavy atom. The molecule has 120 valence electrons. The average molecular weight is 304 g/mol. The van der Waals surface area contributed by atoms with E-state index < -0.39 is 11.5 Å². The van der Waals surface area contributed by atoms with Gasteiger partial charge in [0.05, 0.1) is 18.7 Å². The average Bonchev–Trinajstić information content (AvgIpc) is 2.70. The first-order valence-corrected chi connectivity index (χ1v) is 7.39. The fraction of sp³-hybridized carbons (Fsp3) is 0.471.